The fourth-order valence-corrected chi connectivity index (χ4v) is 4.42. The third-order valence-corrected chi connectivity index (χ3v) is 6.30. The molecule has 0 spiro atoms. The largest absolute Gasteiger partial charge is 0.480 e. The third kappa shape index (κ3) is 5.08. The Balaban J connectivity index is 1.35. The predicted molar refractivity (Wildman–Crippen MR) is 128 cm³/mol. The van der Waals surface area contributed by atoms with E-state index >= 15 is 0 Å². The Morgan fingerprint density at radius 2 is 1.48 bits per heavy atom. The molecule has 1 atom stereocenters. The molecule has 0 unspecified atom stereocenters. The minimum atomic E-state index is -1.07. The fourth-order valence-electron chi connectivity index (χ4n) is 4.42. The van der Waals surface area contributed by atoms with Crippen molar-refractivity contribution in [2.24, 2.45) is 0 Å². The predicted octanol–water partition coefficient (Wildman–Crippen LogP) is 5.73. The molecule has 0 radical (unpaired) electrons. The van der Waals surface area contributed by atoms with Gasteiger partial charge in [-0.1, -0.05) is 86.6 Å². The molecule has 0 aromatic heterocycles. The highest BCUT2D eigenvalue weighted by atomic mass is 16.5. The van der Waals surface area contributed by atoms with Crippen molar-refractivity contribution >= 4 is 12.1 Å². The summed E-state index contributed by atoms with van der Waals surface area (Å²) < 4.78 is 5.50. The summed E-state index contributed by atoms with van der Waals surface area (Å²) in [6.07, 6.45) is 0.138. The Morgan fingerprint density at radius 1 is 0.909 bits per heavy atom. The zero-order valence-electron chi connectivity index (χ0n) is 19.0. The van der Waals surface area contributed by atoms with E-state index in [2.05, 4.69) is 43.4 Å². The fraction of sp³-hybridized carbons (Fsp3) is 0.286. The van der Waals surface area contributed by atoms with Gasteiger partial charge >= 0.3 is 12.1 Å². The van der Waals surface area contributed by atoms with Crippen molar-refractivity contribution < 1.29 is 19.4 Å². The van der Waals surface area contributed by atoms with Gasteiger partial charge in [0.25, 0.3) is 0 Å². The molecule has 0 saturated carbocycles. The van der Waals surface area contributed by atoms with Gasteiger partial charge in [0.2, 0.25) is 0 Å². The number of alkyl carbamates (subject to hydrolysis) is 1. The van der Waals surface area contributed by atoms with Crippen LogP contribution in [0.3, 0.4) is 0 Å². The molecule has 0 saturated heterocycles. The minimum Gasteiger partial charge on any atom is -0.480 e. The first-order valence-electron chi connectivity index (χ1n) is 11.4. The quantitative estimate of drug-likeness (QED) is 0.466. The maximum Gasteiger partial charge on any atom is 0.407 e. The van der Waals surface area contributed by atoms with Gasteiger partial charge in [0.05, 0.1) is 0 Å². The topological polar surface area (TPSA) is 75.6 Å². The number of fused-ring (bicyclic) bond motifs is 3. The van der Waals surface area contributed by atoms with Crippen molar-refractivity contribution in [1.82, 2.24) is 5.32 Å². The van der Waals surface area contributed by atoms with Crippen LogP contribution >= 0.6 is 0 Å². The average molecular weight is 444 g/mol. The van der Waals surface area contributed by atoms with Crippen LogP contribution in [0.1, 0.15) is 54.4 Å². The molecule has 2 N–H and O–H groups in total. The molecular formula is C28H29NO4. The van der Waals surface area contributed by atoms with Gasteiger partial charge < -0.3 is 15.2 Å². The molecule has 33 heavy (non-hydrogen) atoms. The van der Waals surface area contributed by atoms with Gasteiger partial charge in [0.1, 0.15) is 12.6 Å². The van der Waals surface area contributed by atoms with Gasteiger partial charge in [0.15, 0.2) is 0 Å². The summed E-state index contributed by atoms with van der Waals surface area (Å²) in [7, 11) is 0. The second kappa shape index (κ2) is 9.90. The molecule has 4 rings (SSSR count). The first kappa shape index (κ1) is 22.6. The number of carbonyl (C=O) groups is 2. The summed E-state index contributed by atoms with van der Waals surface area (Å²) in [5.74, 6) is -0.686. The van der Waals surface area contributed by atoms with Crippen LogP contribution in [-0.2, 0) is 16.0 Å². The summed E-state index contributed by atoms with van der Waals surface area (Å²) in [5, 5.41) is 12.1. The van der Waals surface area contributed by atoms with Crippen LogP contribution in [-0.4, -0.2) is 29.8 Å². The van der Waals surface area contributed by atoms with Crippen molar-refractivity contribution in [2.45, 2.75) is 44.6 Å². The van der Waals surface area contributed by atoms with E-state index in [1.807, 2.05) is 48.5 Å². The molecule has 0 fully saturated rings. The summed E-state index contributed by atoms with van der Waals surface area (Å²) in [5.41, 5.74) is 6.81. The smallest absolute Gasteiger partial charge is 0.407 e. The monoisotopic (exact) mass is 443 g/mol. The number of hydrogen-bond acceptors (Lipinski definition) is 3. The number of rotatable bonds is 8. The zero-order valence-corrected chi connectivity index (χ0v) is 19.0. The van der Waals surface area contributed by atoms with Crippen LogP contribution in [0.2, 0.25) is 0 Å². The number of benzene rings is 3. The summed E-state index contributed by atoms with van der Waals surface area (Å²) >= 11 is 0. The van der Waals surface area contributed by atoms with Crippen molar-refractivity contribution in [3.05, 3.63) is 95.1 Å². The van der Waals surface area contributed by atoms with Crippen molar-refractivity contribution in [3.8, 4) is 11.1 Å². The van der Waals surface area contributed by atoms with Gasteiger partial charge in [-0.2, -0.15) is 0 Å². The average Bonchev–Trinajstić information content (AvgIpc) is 3.14. The van der Waals surface area contributed by atoms with E-state index in [1.54, 1.807) is 0 Å². The summed E-state index contributed by atoms with van der Waals surface area (Å²) in [6, 6.07) is 23.3. The highest BCUT2D eigenvalue weighted by Crippen LogP contribution is 2.44. The van der Waals surface area contributed by atoms with Crippen molar-refractivity contribution in [2.75, 3.05) is 6.61 Å². The van der Waals surface area contributed by atoms with Crippen LogP contribution in [0, 0.1) is 0 Å². The Labute approximate surface area is 194 Å². The molecule has 0 aliphatic heterocycles. The van der Waals surface area contributed by atoms with E-state index in [1.165, 1.54) is 5.56 Å². The lowest BCUT2D eigenvalue weighted by atomic mass is 9.98. The number of amides is 1. The molecule has 1 aliphatic rings. The SMILES string of the molecule is CC(C)c1ccc(CC[C@H](NC(=O)OCC2c3ccccc3-c3ccccc32)C(=O)O)cc1. The lowest BCUT2D eigenvalue weighted by molar-refractivity contribution is -0.139. The number of aryl methyl sites for hydroxylation is 1. The van der Waals surface area contributed by atoms with Crippen LogP contribution in [0.4, 0.5) is 4.79 Å². The zero-order chi connectivity index (χ0) is 23.4. The Hall–Kier alpha value is -3.60. The lowest BCUT2D eigenvalue weighted by Gasteiger charge is -2.17. The van der Waals surface area contributed by atoms with Gasteiger partial charge in [-0.05, 0) is 52.1 Å². The van der Waals surface area contributed by atoms with E-state index in [0.29, 0.717) is 18.8 Å². The number of ether oxygens (including phenoxy) is 1. The highest BCUT2D eigenvalue weighted by molar-refractivity contribution is 5.81. The number of carboxylic acids is 1. The highest BCUT2D eigenvalue weighted by Gasteiger charge is 2.29. The molecular weight excluding hydrogens is 414 g/mol. The van der Waals surface area contributed by atoms with Crippen molar-refractivity contribution in [1.29, 1.82) is 0 Å². The summed E-state index contributed by atoms with van der Waals surface area (Å²) in [6.45, 7) is 4.42. The van der Waals surface area contributed by atoms with Crippen molar-refractivity contribution in [3.63, 3.8) is 0 Å². The second-order valence-electron chi connectivity index (χ2n) is 8.80. The number of carboxylic acid groups (broad SMARTS) is 1. The standard InChI is InChI=1S/C28H29NO4/c1-18(2)20-14-11-19(12-15-20)13-16-26(27(30)31)29-28(32)33-17-25-23-9-5-3-7-21(23)22-8-4-6-10-24(22)25/h3-12,14-15,18,25-26H,13,16-17H2,1-2H3,(H,29,32)(H,30,31)/t26-/m0/s1. The van der Waals surface area contributed by atoms with E-state index in [-0.39, 0.29) is 12.5 Å². The molecule has 3 aromatic rings. The molecule has 1 amide bonds. The van der Waals surface area contributed by atoms with Crippen LogP contribution in [0.25, 0.3) is 11.1 Å². The normalized spacial score (nSPS) is 13.3. The van der Waals surface area contributed by atoms with Crippen LogP contribution < -0.4 is 5.32 Å². The Kier molecular flexibility index (Phi) is 6.78. The Morgan fingerprint density at radius 3 is 2.03 bits per heavy atom. The molecule has 170 valence electrons. The molecule has 5 heteroatoms. The molecule has 0 heterocycles. The third-order valence-electron chi connectivity index (χ3n) is 6.30. The summed E-state index contributed by atoms with van der Waals surface area (Å²) in [4.78, 5) is 24.2. The van der Waals surface area contributed by atoms with Gasteiger partial charge in [-0.15, -0.1) is 0 Å². The molecule has 5 nitrogen and oxygen atoms in total. The van der Waals surface area contributed by atoms with Crippen LogP contribution in [0.5, 0.6) is 0 Å². The maximum absolute atomic E-state index is 12.5. The lowest BCUT2D eigenvalue weighted by Crippen LogP contribution is -2.41. The molecule has 1 aliphatic carbocycles. The molecule has 3 aromatic carbocycles. The number of aliphatic carboxylic acids is 1. The number of nitrogens with one attached hydrogen (secondary N) is 1. The van der Waals surface area contributed by atoms with E-state index in [0.717, 1.165) is 27.8 Å². The molecule has 0 bridgehead atoms. The minimum absolute atomic E-state index is 0.0640. The van der Waals surface area contributed by atoms with Gasteiger partial charge in [-0.3, -0.25) is 0 Å². The van der Waals surface area contributed by atoms with Gasteiger partial charge in [0, 0.05) is 5.92 Å². The van der Waals surface area contributed by atoms with E-state index < -0.39 is 18.1 Å². The van der Waals surface area contributed by atoms with E-state index in [9.17, 15) is 14.7 Å². The maximum atomic E-state index is 12.5. The van der Waals surface area contributed by atoms with E-state index in [4.69, 9.17) is 4.74 Å². The number of hydrogen-bond donors (Lipinski definition) is 2. The number of carbonyl (C=O) groups excluding carboxylic acids is 1. The second-order valence-corrected chi connectivity index (χ2v) is 8.80. The first-order chi connectivity index (χ1) is 15.9. The first-order valence-corrected chi connectivity index (χ1v) is 11.4. The Bertz CT molecular complexity index is 1090. The van der Waals surface area contributed by atoms with Gasteiger partial charge in [-0.25, -0.2) is 9.59 Å². The van der Waals surface area contributed by atoms with Crippen LogP contribution in [0.15, 0.2) is 72.8 Å².